The molecular formula is C24H21Cl2N3O3. The number of carbonyl (C=O) groups excluding carboxylic acids is 1. The molecule has 6 nitrogen and oxygen atoms in total. The monoisotopic (exact) mass is 469 g/mol. The number of furan rings is 1. The molecule has 1 N–H and O–H groups in total. The number of nitrogens with one attached hydrogen (secondary N) is 1. The van der Waals surface area contributed by atoms with E-state index in [1.165, 1.54) is 0 Å². The first-order valence-corrected chi connectivity index (χ1v) is 10.7. The van der Waals surface area contributed by atoms with Crippen LogP contribution < -0.4 is 10.1 Å². The van der Waals surface area contributed by atoms with Crippen LogP contribution in [0.3, 0.4) is 0 Å². The number of nitrogens with zero attached hydrogens (tertiary/aromatic N) is 2. The summed E-state index contributed by atoms with van der Waals surface area (Å²) in [5.41, 5.74) is 3.29. The van der Waals surface area contributed by atoms with Crippen LogP contribution >= 0.6 is 23.2 Å². The number of ether oxygens (including phenoxy) is 1. The van der Waals surface area contributed by atoms with Gasteiger partial charge in [0.2, 0.25) is 0 Å². The zero-order valence-corrected chi connectivity index (χ0v) is 19.1. The first-order valence-electron chi connectivity index (χ1n) is 9.96. The first-order chi connectivity index (χ1) is 15.4. The van der Waals surface area contributed by atoms with Crippen molar-refractivity contribution in [2.75, 3.05) is 5.32 Å². The van der Waals surface area contributed by atoms with Gasteiger partial charge in [-0.15, -0.1) is 0 Å². The minimum absolute atomic E-state index is 0.161. The number of halogens is 2. The Labute approximate surface area is 195 Å². The largest absolute Gasteiger partial charge is 0.484 e. The van der Waals surface area contributed by atoms with Crippen LogP contribution in [0.1, 0.15) is 33.3 Å². The van der Waals surface area contributed by atoms with E-state index in [4.69, 9.17) is 32.4 Å². The second-order valence-electron chi connectivity index (χ2n) is 7.27. The van der Waals surface area contributed by atoms with E-state index in [9.17, 15) is 4.79 Å². The second-order valence-corrected chi connectivity index (χ2v) is 8.11. The topological polar surface area (TPSA) is 69.3 Å². The average molecular weight is 470 g/mol. The second kappa shape index (κ2) is 9.51. The van der Waals surface area contributed by atoms with Gasteiger partial charge in [0.1, 0.15) is 18.1 Å². The van der Waals surface area contributed by atoms with Gasteiger partial charge in [-0.2, -0.15) is 5.10 Å². The number of anilines is 1. The molecule has 0 spiro atoms. The highest BCUT2D eigenvalue weighted by molar-refractivity contribution is 6.32. The maximum absolute atomic E-state index is 12.7. The fourth-order valence-corrected chi connectivity index (χ4v) is 3.57. The molecule has 0 aliphatic heterocycles. The van der Waals surface area contributed by atoms with Crippen molar-refractivity contribution in [2.24, 2.45) is 0 Å². The number of aromatic nitrogens is 2. The third-order valence-electron chi connectivity index (χ3n) is 4.96. The van der Waals surface area contributed by atoms with Gasteiger partial charge in [-0.05, 0) is 55.8 Å². The summed E-state index contributed by atoms with van der Waals surface area (Å²) in [5, 5.41) is 8.66. The third kappa shape index (κ3) is 4.98. The van der Waals surface area contributed by atoms with Crippen LogP contribution in [-0.2, 0) is 13.2 Å². The van der Waals surface area contributed by atoms with Crippen LogP contribution in [0.4, 0.5) is 5.69 Å². The third-order valence-corrected chi connectivity index (χ3v) is 5.52. The van der Waals surface area contributed by atoms with Crippen LogP contribution in [0, 0.1) is 13.8 Å². The molecule has 164 valence electrons. The number of carbonyl (C=O) groups is 1. The average Bonchev–Trinajstić information content (AvgIpc) is 3.35. The first kappa shape index (κ1) is 22.0. The van der Waals surface area contributed by atoms with Gasteiger partial charge in [0.15, 0.2) is 5.76 Å². The summed E-state index contributed by atoms with van der Waals surface area (Å²) in [6.45, 7) is 4.50. The molecule has 1 amide bonds. The molecule has 2 aromatic heterocycles. The predicted octanol–water partition coefficient (Wildman–Crippen LogP) is 6.28. The molecule has 4 aromatic rings. The Morgan fingerprint density at radius 1 is 1.06 bits per heavy atom. The molecule has 0 atom stereocenters. The highest BCUT2D eigenvalue weighted by atomic mass is 35.5. The molecule has 0 aliphatic carbocycles. The highest BCUT2D eigenvalue weighted by Gasteiger charge is 2.18. The van der Waals surface area contributed by atoms with Crippen molar-refractivity contribution in [1.29, 1.82) is 0 Å². The number of benzene rings is 2. The number of para-hydroxylation sites is 1. The summed E-state index contributed by atoms with van der Waals surface area (Å²) in [4.78, 5) is 12.7. The molecule has 2 heterocycles. The van der Waals surface area contributed by atoms with Gasteiger partial charge < -0.3 is 14.5 Å². The van der Waals surface area contributed by atoms with Crippen molar-refractivity contribution in [1.82, 2.24) is 9.78 Å². The van der Waals surface area contributed by atoms with Crippen LogP contribution in [0.2, 0.25) is 10.0 Å². The zero-order valence-electron chi connectivity index (χ0n) is 17.6. The molecule has 0 saturated carbocycles. The van der Waals surface area contributed by atoms with E-state index < -0.39 is 0 Å². The standard InChI is InChI=1S/C24H21Cl2N3O3/c1-15-23(16(2)29(28-15)13-17-7-9-18(25)10-8-17)27-24(30)22-12-11-19(32-22)14-31-21-6-4-3-5-20(21)26/h3-12H,13-14H2,1-2H3,(H,27,30). The lowest BCUT2D eigenvalue weighted by molar-refractivity contribution is 0.0992. The number of aryl methyl sites for hydroxylation is 1. The minimum Gasteiger partial charge on any atom is -0.484 e. The van der Waals surface area contributed by atoms with E-state index in [1.54, 1.807) is 24.3 Å². The van der Waals surface area contributed by atoms with Crippen LogP contribution in [0.5, 0.6) is 5.75 Å². The molecule has 0 radical (unpaired) electrons. The fraction of sp³-hybridized carbons (Fsp3) is 0.167. The molecule has 0 saturated heterocycles. The Morgan fingerprint density at radius 2 is 1.81 bits per heavy atom. The molecule has 32 heavy (non-hydrogen) atoms. The number of rotatable bonds is 7. The molecule has 2 aromatic carbocycles. The molecule has 0 aliphatic rings. The Morgan fingerprint density at radius 3 is 2.56 bits per heavy atom. The molecule has 4 rings (SSSR count). The fourth-order valence-electron chi connectivity index (χ4n) is 3.26. The Hall–Kier alpha value is -3.22. The summed E-state index contributed by atoms with van der Waals surface area (Å²) in [7, 11) is 0. The summed E-state index contributed by atoms with van der Waals surface area (Å²) in [6.07, 6.45) is 0. The summed E-state index contributed by atoms with van der Waals surface area (Å²) < 4.78 is 13.2. The number of hydrogen-bond acceptors (Lipinski definition) is 4. The Kier molecular flexibility index (Phi) is 6.53. The maximum atomic E-state index is 12.7. The smallest absolute Gasteiger partial charge is 0.291 e. The van der Waals surface area contributed by atoms with Gasteiger partial charge in [0.25, 0.3) is 5.91 Å². The van der Waals surface area contributed by atoms with Gasteiger partial charge in [-0.3, -0.25) is 9.48 Å². The van der Waals surface area contributed by atoms with Gasteiger partial charge in [-0.1, -0.05) is 47.5 Å². The van der Waals surface area contributed by atoms with Crippen LogP contribution in [-0.4, -0.2) is 15.7 Å². The lowest BCUT2D eigenvalue weighted by Crippen LogP contribution is -2.12. The Balaban J connectivity index is 1.42. The van der Waals surface area contributed by atoms with Crippen molar-refractivity contribution < 1.29 is 13.9 Å². The van der Waals surface area contributed by atoms with Crippen molar-refractivity contribution in [3.63, 3.8) is 0 Å². The lowest BCUT2D eigenvalue weighted by Gasteiger charge is -2.07. The maximum Gasteiger partial charge on any atom is 0.291 e. The number of hydrogen-bond donors (Lipinski definition) is 1. The lowest BCUT2D eigenvalue weighted by atomic mass is 10.2. The quantitative estimate of drug-likeness (QED) is 0.345. The molecular weight excluding hydrogens is 449 g/mol. The molecule has 8 heteroatoms. The van der Waals surface area contributed by atoms with Gasteiger partial charge in [0.05, 0.1) is 28.6 Å². The highest BCUT2D eigenvalue weighted by Crippen LogP contribution is 2.25. The van der Waals surface area contributed by atoms with Gasteiger partial charge in [-0.25, -0.2) is 0 Å². The number of amides is 1. The van der Waals surface area contributed by atoms with Crippen molar-refractivity contribution in [2.45, 2.75) is 27.0 Å². The summed E-state index contributed by atoms with van der Waals surface area (Å²) >= 11 is 12.1. The van der Waals surface area contributed by atoms with Crippen molar-refractivity contribution in [3.8, 4) is 5.75 Å². The van der Waals surface area contributed by atoms with E-state index in [2.05, 4.69) is 10.4 Å². The van der Waals surface area contributed by atoms with Crippen LogP contribution in [0.25, 0.3) is 0 Å². The van der Waals surface area contributed by atoms with Gasteiger partial charge in [0, 0.05) is 5.02 Å². The van der Waals surface area contributed by atoms with Crippen molar-refractivity contribution >= 4 is 34.8 Å². The SMILES string of the molecule is Cc1nn(Cc2ccc(Cl)cc2)c(C)c1NC(=O)c1ccc(COc2ccccc2Cl)o1. The van der Waals surface area contributed by atoms with Crippen LogP contribution in [0.15, 0.2) is 65.1 Å². The van der Waals surface area contributed by atoms with Crippen molar-refractivity contribution in [3.05, 3.63) is 99.2 Å². The molecule has 0 unspecified atom stereocenters. The Bertz CT molecular complexity index is 1250. The predicted molar refractivity (Wildman–Crippen MR) is 125 cm³/mol. The molecule has 0 bridgehead atoms. The minimum atomic E-state index is -0.355. The normalized spacial score (nSPS) is 10.9. The molecule has 0 fully saturated rings. The van der Waals surface area contributed by atoms with E-state index in [0.29, 0.717) is 33.8 Å². The van der Waals surface area contributed by atoms with Gasteiger partial charge >= 0.3 is 0 Å². The summed E-state index contributed by atoms with van der Waals surface area (Å²) in [6, 6.07) is 18.1. The van der Waals surface area contributed by atoms with E-state index in [0.717, 1.165) is 17.0 Å². The van der Waals surface area contributed by atoms with E-state index >= 15 is 0 Å². The summed E-state index contributed by atoms with van der Waals surface area (Å²) in [5.74, 6) is 0.899. The van der Waals surface area contributed by atoms with E-state index in [1.807, 2.05) is 54.9 Å². The van der Waals surface area contributed by atoms with E-state index in [-0.39, 0.29) is 18.3 Å². The zero-order chi connectivity index (χ0) is 22.7.